The van der Waals surface area contributed by atoms with E-state index < -0.39 is 12.4 Å². The molecule has 3 N–H and O–H groups in total. The molecule has 0 aromatic heterocycles. The number of amides is 1. The number of β-amino-alcohol motifs (C(OH)–C–C–N with tert-alkyl or cyclic N) is 1. The van der Waals surface area contributed by atoms with Crippen molar-refractivity contribution in [3.8, 4) is 0 Å². The molecule has 4 atom stereocenters. The number of carbonyl (C=O) groups excluding carboxylic acids is 1. The largest absolute Gasteiger partial charge is 0.445 e. The minimum Gasteiger partial charge on any atom is -0.445 e. The highest BCUT2D eigenvalue weighted by Gasteiger charge is 2.34. The van der Waals surface area contributed by atoms with E-state index in [2.05, 4.69) is 16.8 Å². The van der Waals surface area contributed by atoms with Gasteiger partial charge in [0.2, 0.25) is 0 Å². The van der Waals surface area contributed by atoms with Gasteiger partial charge in [0.05, 0.1) is 24.9 Å². The molecule has 182 valence electrons. The molecule has 2 aromatic carbocycles. The number of anilines is 1. The Morgan fingerprint density at radius 2 is 1.88 bits per heavy atom. The van der Waals surface area contributed by atoms with E-state index >= 15 is 0 Å². The Hall–Kier alpha value is -2.75. The fourth-order valence-corrected chi connectivity index (χ4v) is 4.31. The number of likely N-dealkylation sites (tertiary alicyclic amines) is 1. The monoisotopic (exact) mass is 468 g/mol. The fourth-order valence-electron chi connectivity index (χ4n) is 4.31. The molecule has 0 saturated carbocycles. The number of hydrogen-bond acceptors (Lipinski definition) is 7. The van der Waals surface area contributed by atoms with Gasteiger partial charge in [0.1, 0.15) is 6.61 Å². The van der Waals surface area contributed by atoms with Gasteiger partial charge < -0.3 is 24.4 Å². The van der Waals surface area contributed by atoms with Crippen LogP contribution in [0.5, 0.6) is 0 Å². The van der Waals surface area contributed by atoms with E-state index in [4.69, 9.17) is 14.2 Å². The van der Waals surface area contributed by atoms with Crippen molar-refractivity contribution in [2.24, 2.45) is 0 Å². The average Bonchev–Trinajstić information content (AvgIpc) is 3.27. The van der Waals surface area contributed by atoms with Gasteiger partial charge >= 0.3 is 6.09 Å². The number of nitrogens with one attached hydrogen (secondary N) is 1. The third-order valence-electron chi connectivity index (χ3n) is 6.09. The van der Waals surface area contributed by atoms with Crippen LogP contribution >= 0.6 is 0 Å². The maximum absolute atomic E-state index is 11.8. The first kappa shape index (κ1) is 24.4. The summed E-state index contributed by atoms with van der Waals surface area (Å²) in [5.74, 6) is 0. The van der Waals surface area contributed by atoms with Crippen LogP contribution in [0.15, 0.2) is 61.2 Å². The number of rotatable bonds is 8. The van der Waals surface area contributed by atoms with Gasteiger partial charge in [-0.1, -0.05) is 49.1 Å². The SMILES string of the molecule is C=CCOC(=O)Nc1ccc(C2OC(CN3CCC(O)C3)CC(c3ccc(CO)cc3)O2)cc1. The van der Waals surface area contributed by atoms with Gasteiger partial charge in [-0.2, -0.15) is 0 Å². The summed E-state index contributed by atoms with van der Waals surface area (Å²) in [6, 6.07) is 15.1. The van der Waals surface area contributed by atoms with Crippen molar-refractivity contribution < 1.29 is 29.2 Å². The van der Waals surface area contributed by atoms with Crippen LogP contribution in [0.25, 0.3) is 0 Å². The zero-order valence-electron chi connectivity index (χ0n) is 19.1. The smallest absolute Gasteiger partial charge is 0.411 e. The van der Waals surface area contributed by atoms with Gasteiger partial charge in [-0.3, -0.25) is 10.2 Å². The third-order valence-corrected chi connectivity index (χ3v) is 6.09. The first-order valence-electron chi connectivity index (χ1n) is 11.6. The van der Waals surface area contributed by atoms with E-state index in [1.165, 1.54) is 6.08 Å². The molecule has 2 fully saturated rings. The molecule has 34 heavy (non-hydrogen) atoms. The van der Waals surface area contributed by atoms with E-state index in [1.54, 1.807) is 12.1 Å². The summed E-state index contributed by atoms with van der Waals surface area (Å²) in [7, 11) is 0. The van der Waals surface area contributed by atoms with Crippen molar-refractivity contribution in [1.82, 2.24) is 4.90 Å². The molecule has 0 aliphatic carbocycles. The summed E-state index contributed by atoms with van der Waals surface area (Å²) in [4.78, 5) is 14.0. The maximum Gasteiger partial charge on any atom is 0.411 e. The Morgan fingerprint density at radius 3 is 2.53 bits per heavy atom. The molecule has 2 aliphatic heterocycles. The highest BCUT2D eigenvalue weighted by atomic mass is 16.7. The quantitative estimate of drug-likeness (QED) is 0.510. The zero-order chi connectivity index (χ0) is 23.9. The molecule has 8 heteroatoms. The number of carbonyl (C=O) groups is 1. The number of hydrogen-bond donors (Lipinski definition) is 3. The summed E-state index contributed by atoms with van der Waals surface area (Å²) < 4.78 is 17.6. The van der Waals surface area contributed by atoms with E-state index in [0.717, 1.165) is 36.2 Å². The number of aliphatic hydroxyl groups excluding tert-OH is 2. The Labute approximate surface area is 199 Å². The first-order valence-corrected chi connectivity index (χ1v) is 11.6. The van der Waals surface area contributed by atoms with E-state index in [0.29, 0.717) is 18.7 Å². The lowest BCUT2D eigenvalue weighted by Gasteiger charge is -2.37. The first-order chi connectivity index (χ1) is 16.5. The van der Waals surface area contributed by atoms with Crippen LogP contribution < -0.4 is 5.32 Å². The number of aliphatic hydroxyl groups is 2. The molecule has 8 nitrogen and oxygen atoms in total. The van der Waals surface area contributed by atoms with Crippen molar-refractivity contribution >= 4 is 11.8 Å². The Kier molecular flexibility index (Phi) is 8.31. The summed E-state index contributed by atoms with van der Waals surface area (Å²) in [5, 5.41) is 21.9. The van der Waals surface area contributed by atoms with Gasteiger partial charge in [-0.25, -0.2) is 4.79 Å². The van der Waals surface area contributed by atoms with E-state index in [1.807, 2.05) is 36.4 Å². The standard InChI is InChI=1S/C26H32N2O6/c1-2-13-32-26(31)27-21-9-7-20(8-10-21)25-33-23(16-28-12-11-22(30)15-28)14-24(34-25)19-5-3-18(17-29)4-6-19/h2-10,22-25,29-30H,1,11-17H2,(H,27,31). The third kappa shape index (κ3) is 6.43. The molecule has 0 spiro atoms. The molecule has 2 aliphatic rings. The van der Waals surface area contributed by atoms with Gasteiger partial charge in [0, 0.05) is 37.3 Å². The van der Waals surface area contributed by atoms with Crippen LogP contribution in [-0.4, -0.2) is 59.7 Å². The number of nitrogens with zero attached hydrogens (tertiary/aromatic N) is 1. The molecule has 0 bridgehead atoms. The highest BCUT2D eigenvalue weighted by molar-refractivity contribution is 5.84. The Morgan fingerprint density at radius 1 is 1.15 bits per heavy atom. The van der Waals surface area contributed by atoms with Crippen LogP contribution in [0.4, 0.5) is 10.5 Å². The molecular weight excluding hydrogens is 436 g/mol. The highest BCUT2D eigenvalue weighted by Crippen LogP contribution is 2.38. The van der Waals surface area contributed by atoms with Crippen molar-refractivity contribution in [3.63, 3.8) is 0 Å². The van der Waals surface area contributed by atoms with Crippen molar-refractivity contribution in [2.45, 2.75) is 44.1 Å². The lowest BCUT2D eigenvalue weighted by atomic mass is 9.99. The minimum atomic E-state index is -0.574. The molecule has 1 amide bonds. The van der Waals surface area contributed by atoms with Crippen LogP contribution in [0.3, 0.4) is 0 Å². The minimum absolute atomic E-state index is 0.00102. The van der Waals surface area contributed by atoms with Crippen molar-refractivity contribution in [3.05, 3.63) is 77.9 Å². The lowest BCUT2D eigenvalue weighted by molar-refractivity contribution is -0.252. The van der Waals surface area contributed by atoms with Crippen molar-refractivity contribution in [1.29, 1.82) is 0 Å². The molecule has 2 aromatic rings. The number of benzene rings is 2. The van der Waals surface area contributed by atoms with Crippen LogP contribution in [-0.2, 0) is 20.8 Å². The van der Waals surface area contributed by atoms with E-state index in [9.17, 15) is 15.0 Å². The summed E-state index contributed by atoms with van der Waals surface area (Å²) in [6.45, 7) is 5.89. The summed E-state index contributed by atoms with van der Waals surface area (Å²) in [6.07, 6.45) is 1.34. The Balaban J connectivity index is 1.47. The van der Waals surface area contributed by atoms with Crippen LogP contribution in [0.2, 0.25) is 0 Å². The fraction of sp³-hybridized carbons (Fsp3) is 0.423. The normalized spacial score (nSPS) is 25.1. The van der Waals surface area contributed by atoms with Crippen LogP contribution in [0, 0.1) is 0 Å². The summed E-state index contributed by atoms with van der Waals surface area (Å²) in [5.41, 5.74) is 3.32. The second kappa shape index (κ2) is 11.6. The topological polar surface area (TPSA) is 100 Å². The van der Waals surface area contributed by atoms with Gasteiger partial charge in [-0.05, 0) is 29.7 Å². The van der Waals surface area contributed by atoms with Gasteiger partial charge in [0.25, 0.3) is 0 Å². The average molecular weight is 469 g/mol. The molecule has 2 saturated heterocycles. The predicted molar refractivity (Wildman–Crippen MR) is 127 cm³/mol. The summed E-state index contributed by atoms with van der Waals surface area (Å²) >= 11 is 0. The van der Waals surface area contributed by atoms with Gasteiger partial charge in [0.15, 0.2) is 6.29 Å². The van der Waals surface area contributed by atoms with Crippen LogP contribution in [0.1, 0.15) is 41.9 Å². The van der Waals surface area contributed by atoms with Crippen molar-refractivity contribution in [2.75, 3.05) is 31.6 Å². The maximum atomic E-state index is 11.8. The predicted octanol–water partition coefficient (Wildman–Crippen LogP) is 3.53. The second-order valence-electron chi connectivity index (χ2n) is 8.69. The number of ether oxygens (including phenoxy) is 3. The molecule has 4 rings (SSSR count). The second-order valence-corrected chi connectivity index (χ2v) is 8.69. The van der Waals surface area contributed by atoms with E-state index in [-0.39, 0.29) is 31.5 Å². The zero-order valence-corrected chi connectivity index (χ0v) is 19.1. The molecule has 0 radical (unpaired) electrons. The van der Waals surface area contributed by atoms with Gasteiger partial charge in [-0.15, -0.1) is 0 Å². The lowest BCUT2D eigenvalue weighted by Crippen LogP contribution is -2.38. The molecule has 4 unspecified atom stereocenters. The molecular formula is C26H32N2O6. The Bertz CT molecular complexity index is 949. The molecule has 2 heterocycles.